The predicted molar refractivity (Wildman–Crippen MR) is 67.8 cm³/mol. The van der Waals surface area contributed by atoms with Crippen molar-refractivity contribution in [2.24, 2.45) is 17.3 Å². The molecule has 0 aromatic carbocycles. The van der Waals surface area contributed by atoms with Gasteiger partial charge < -0.3 is 0 Å². The molecule has 0 fully saturated rings. The number of hydrogen-bond donors (Lipinski definition) is 1. The molecule has 0 saturated carbocycles. The van der Waals surface area contributed by atoms with Crippen LogP contribution in [-0.2, 0) is 0 Å². The first-order chi connectivity index (χ1) is 7.59. The smallest absolute Gasteiger partial charge is 0.0845 e. The van der Waals surface area contributed by atoms with Crippen molar-refractivity contribution in [3.8, 4) is 0 Å². The number of H-pyrrole nitrogens is 1. The first-order valence-corrected chi connectivity index (χ1v) is 5.94. The summed E-state index contributed by atoms with van der Waals surface area (Å²) in [4.78, 5) is 0. The monoisotopic (exact) mass is 216 g/mol. The molecule has 1 N–H and O–H groups in total. The van der Waals surface area contributed by atoms with Gasteiger partial charge in [-0.2, -0.15) is 5.10 Å². The van der Waals surface area contributed by atoms with E-state index in [9.17, 15) is 0 Å². The van der Waals surface area contributed by atoms with E-state index in [4.69, 9.17) is 0 Å². The second kappa shape index (κ2) is 4.28. The molecule has 1 aliphatic carbocycles. The summed E-state index contributed by atoms with van der Waals surface area (Å²) in [5.41, 5.74) is 1.36. The summed E-state index contributed by atoms with van der Waals surface area (Å²) in [6.45, 7) is 6.97. The third-order valence-corrected chi connectivity index (χ3v) is 3.55. The summed E-state index contributed by atoms with van der Waals surface area (Å²) in [6.07, 6.45) is 12.1. The minimum Gasteiger partial charge on any atom is -0.285 e. The molecule has 0 amide bonds. The summed E-state index contributed by atoms with van der Waals surface area (Å²) >= 11 is 0. The van der Waals surface area contributed by atoms with E-state index in [1.807, 2.05) is 12.3 Å². The lowest BCUT2D eigenvalue weighted by Crippen LogP contribution is -2.29. The molecule has 86 valence electrons. The van der Waals surface area contributed by atoms with E-state index in [2.05, 4.69) is 55.3 Å². The normalized spacial score (nSPS) is 28.7. The zero-order valence-electron chi connectivity index (χ0n) is 10.3. The van der Waals surface area contributed by atoms with E-state index in [1.54, 1.807) is 0 Å². The molecule has 0 radical (unpaired) electrons. The Morgan fingerprint density at radius 2 is 2.31 bits per heavy atom. The van der Waals surface area contributed by atoms with Crippen LogP contribution < -0.4 is 0 Å². The van der Waals surface area contributed by atoms with Gasteiger partial charge in [-0.05, 0) is 35.8 Å². The third kappa shape index (κ3) is 2.26. The Labute approximate surface area is 97.5 Å². The van der Waals surface area contributed by atoms with Crippen LogP contribution in [0.4, 0.5) is 0 Å². The van der Waals surface area contributed by atoms with Crippen molar-refractivity contribution in [2.75, 3.05) is 0 Å². The highest BCUT2D eigenvalue weighted by Gasteiger charge is 2.32. The van der Waals surface area contributed by atoms with Crippen LogP contribution in [0.3, 0.4) is 0 Å². The molecule has 2 rings (SSSR count). The van der Waals surface area contributed by atoms with E-state index in [-0.39, 0.29) is 0 Å². The Bertz CT molecular complexity index is 385. The van der Waals surface area contributed by atoms with E-state index < -0.39 is 0 Å². The maximum Gasteiger partial charge on any atom is 0.0845 e. The van der Waals surface area contributed by atoms with Crippen molar-refractivity contribution in [3.05, 3.63) is 36.2 Å². The van der Waals surface area contributed by atoms with Gasteiger partial charge in [0.2, 0.25) is 0 Å². The van der Waals surface area contributed by atoms with Gasteiger partial charge >= 0.3 is 0 Å². The van der Waals surface area contributed by atoms with Gasteiger partial charge in [0.1, 0.15) is 0 Å². The zero-order chi connectivity index (χ0) is 11.6. The van der Waals surface area contributed by atoms with Crippen LogP contribution in [0.2, 0.25) is 0 Å². The molecule has 0 bridgehead atoms. The van der Waals surface area contributed by atoms with Crippen molar-refractivity contribution < 1.29 is 0 Å². The molecule has 0 saturated heterocycles. The Hall–Kier alpha value is -1.31. The molecule has 1 aliphatic rings. The average Bonchev–Trinajstić information content (AvgIpc) is 2.68. The average molecular weight is 216 g/mol. The largest absolute Gasteiger partial charge is 0.285 e. The molecular formula is C14H20N2. The summed E-state index contributed by atoms with van der Waals surface area (Å²) in [7, 11) is 0. The first-order valence-electron chi connectivity index (χ1n) is 5.94. The van der Waals surface area contributed by atoms with Gasteiger partial charge in [0, 0.05) is 6.20 Å². The van der Waals surface area contributed by atoms with E-state index in [1.165, 1.54) is 0 Å². The highest BCUT2D eigenvalue weighted by Crippen LogP contribution is 2.41. The summed E-state index contributed by atoms with van der Waals surface area (Å²) < 4.78 is 0. The fourth-order valence-electron chi connectivity index (χ4n) is 2.56. The topological polar surface area (TPSA) is 28.7 Å². The van der Waals surface area contributed by atoms with Crippen LogP contribution in [0.15, 0.2) is 30.5 Å². The maximum absolute atomic E-state index is 4.14. The molecule has 2 heteroatoms. The lowest BCUT2D eigenvalue weighted by atomic mass is 9.67. The number of aromatic amines is 1. The second-order valence-corrected chi connectivity index (χ2v) is 5.36. The third-order valence-electron chi connectivity index (χ3n) is 3.55. The Kier molecular flexibility index (Phi) is 2.99. The SMILES string of the molecule is CC1C=CCC(C)(C)C1/C=C/c1cc[nH]n1. The van der Waals surface area contributed by atoms with Crippen molar-refractivity contribution >= 4 is 6.08 Å². The quantitative estimate of drug-likeness (QED) is 0.751. The van der Waals surface area contributed by atoms with Gasteiger partial charge in [0.05, 0.1) is 5.69 Å². The fourth-order valence-corrected chi connectivity index (χ4v) is 2.56. The van der Waals surface area contributed by atoms with Crippen molar-refractivity contribution in [1.29, 1.82) is 0 Å². The van der Waals surface area contributed by atoms with Gasteiger partial charge in [-0.1, -0.05) is 39.0 Å². The predicted octanol–water partition coefficient (Wildman–Crippen LogP) is 3.66. The molecule has 1 heterocycles. The molecule has 2 atom stereocenters. The molecular weight excluding hydrogens is 196 g/mol. The van der Waals surface area contributed by atoms with Gasteiger partial charge in [0.15, 0.2) is 0 Å². The summed E-state index contributed by atoms with van der Waals surface area (Å²) in [6, 6.07) is 1.99. The Morgan fingerprint density at radius 1 is 1.50 bits per heavy atom. The number of allylic oxidation sites excluding steroid dienone is 3. The molecule has 16 heavy (non-hydrogen) atoms. The number of hydrogen-bond acceptors (Lipinski definition) is 1. The van der Waals surface area contributed by atoms with Gasteiger partial charge in [-0.15, -0.1) is 0 Å². The van der Waals surface area contributed by atoms with Crippen LogP contribution in [0.25, 0.3) is 6.08 Å². The van der Waals surface area contributed by atoms with Gasteiger partial charge in [-0.25, -0.2) is 0 Å². The van der Waals surface area contributed by atoms with Crippen molar-refractivity contribution in [1.82, 2.24) is 10.2 Å². The van der Waals surface area contributed by atoms with Crippen LogP contribution in [0.5, 0.6) is 0 Å². The van der Waals surface area contributed by atoms with Crippen LogP contribution >= 0.6 is 0 Å². The van der Waals surface area contributed by atoms with Crippen LogP contribution in [0, 0.1) is 17.3 Å². The summed E-state index contributed by atoms with van der Waals surface area (Å²) in [5.74, 6) is 1.20. The highest BCUT2D eigenvalue weighted by molar-refractivity contribution is 5.44. The minimum absolute atomic E-state index is 0.348. The molecule has 1 aromatic heterocycles. The molecule has 0 spiro atoms. The first kappa shape index (κ1) is 11.2. The van der Waals surface area contributed by atoms with Crippen molar-refractivity contribution in [3.63, 3.8) is 0 Å². The van der Waals surface area contributed by atoms with Crippen LogP contribution in [0.1, 0.15) is 32.9 Å². The standard InChI is InChI=1S/C14H20N2/c1-11-5-4-9-14(2,3)13(11)7-6-12-8-10-15-16-12/h4-8,10-11,13H,9H2,1-3H3,(H,15,16)/b7-6+. The van der Waals surface area contributed by atoms with Crippen LogP contribution in [-0.4, -0.2) is 10.2 Å². The number of aromatic nitrogens is 2. The second-order valence-electron chi connectivity index (χ2n) is 5.36. The molecule has 2 nitrogen and oxygen atoms in total. The number of nitrogens with one attached hydrogen (secondary N) is 1. The summed E-state index contributed by atoms with van der Waals surface area (Å²) in [5, 5.41) is 6.98. The zero-order valence-corrected chi connectivity index (χ0v) is 10.3. The lowest BCUT2D eigenvalue weighted by Gasteiger charge is -2.38. The highest BCUT2D eigenvalue weighted by atomic mass is 15.1. The van der Waals surface area contributed by atoms with Crippen molar-refractivity contribution in [2.45, 2.75) is 27.2 Å². The van der Waals surface area contributed by atoms with E-state index >= 15 is 0 Å². The molecule has 1 aromatic rings. The Morgan fingerprint density at radius 3 is 2.94 bits per heavy atom. The maximum atomic E-state index is 4.14. The molecule has 0 aliphatic heterocycles. The number of nitrogens with zero attached hydrogens (tertiary/aromatic N) is 1. The Balaban J connectivity index is 2.16. The molecule has 2 unspecified atom stereocenters. The minimum atomic E-state index is 0.348. The van der Waals surface area contributed by atoms with E-state index in [0.717, 1.165) is 12.1 Å². The van der Waals surface area contributed by atoms with Gasteiger partial charge in [0.25, 0.3) is 0 Å². The van der Waals surface area contributed by atoms with E-state index in [0.29, 0.717) is 17.3 Å². The van der Waals surface area contributed by atoms with Gasteiger partial charge in [-0.3, -0.25) is 5.10 Å². The lowest BCUT2D eigenvalue weighted by molar-refractivity contribution is 0.208. The number of rotatable bonds is 2. The fraction of sp³-hybridized carbons (Fsp3) is 0.500.